The molecule has 0 spiro atoms. The summed E-state index contributed by atoms with van der Waals surface area (Å²) in [6.45, 7) is 2.06. The summed E-state index contributed by atoms with van der Waals surface area (Å²) >= 11 is 1.04. The van der Waals surface area contributed by atoms with Crippen LogP contribution in [0, 0.1) is 5.82 Å². The van der Waals surface area contributed by atoms with Crippen molar-refractivity contribution in [2.75, 3.05) is 43.1 Å². The smallest absolute Gasteiger partial charge is 0.277 e. The number of nitrogens with zero attached hydrogens (tertiary/aromatic N) is 2. The Morgan fingerprint density at radius 2 is 1.96 bits per heavy atom. The number of nitrogens with two attached hydrogens (primary N) is 1. The topological polar surface area (TPSA) is 130 Å². The number of thioether (sulfide) groups is 1. The predicted octanol–water partition coefficient (Wildman–Crippen LogP) is 0.694. The molecule has 4 N–H and O–H groups in total. The van der Waals surface area contributed by atoms with E-state index >= 15 is 0 Å². The summed E-state index contributed by atoms with van der Waals surface area (Å²) < 4.78 is 18.1. The van der Waals surface area contributed by atoms with Gasteiger partial charge in [-0.15, -0.1) is 0 Å². The van der Waals surface area contributed by atoms with Gasteiger partial charge in [-0.3, -0.25) is 19.4 Å². The lowest BCUT2D eigenvalue weighted by molar-refractivity contribution is -0.132. The van der Waals surface area contributed by atoms with Gasteiger partial charge in [0.25, 0.3) is 11.5 Å². The van der Waals surface area contributed by atoms with Crippen molar-refractivity contribution in [3.05, 3.63) is 46.0 Å². The van der Waals surface area contributed by atoms with Gasteiger partial charge in [-0.1, -0.05) is 11.8 Å². The molecular formula is C17H18FN5O4S. The molecule has 1 aliphatic heterocycles. The van der Waals surface area contributed by atoms with Gasteiger partial charge in [0, 0.05) is 18.7 Å². The lowest BCUT2D eigenvalue weighted by Crippen LogP contribution is -2.41. The van der Waals surface area contributed by atoms with Crippen LogP contribution >= 0.6 is 11.8 Å². The molecule has 0 atom stereocenters. The normalized spacial score (nSPS) is 14.0. The van der Waals surface area contributed by atoms with Gasteiger partial charge in [0.15, 0.2) is 11.0 Å². The van der Waals surface area contributed by atoms with Crippen molar-refractivity contribution in [1.29, 1.82) is 0 Å². The second kappa shape index (κ2) is 8.85. The van der Waals surface area contributed by atoms with Crippen LogP contribution in [-0.2, 0) is 9.53 Å². The number of hydrogen-bond acceptors (Lipinski definition) is 7. The molecule has 28 heavy (non-hydrogen) atoms. The van der Waals surface area contributed by atoms with E-state index in [0.717, 1.165) is 23.9 Å². The molecule has 1 aromatic carbocycles. The average Bonchev–Trinajstić information content (AvgIpc) is 2.70. The first-order valence-electron chi connectivity index (χ1n) is 8.39. The van der Waals surface area contributed by atoms with Crippen LogP contribution in [0.2, 0.25) is 0 Å². The lowest BCUT2D eigenvalue weighted by Gasteiger charge is -2.26. The number of benzene rings is 1. The number of morpholine rings is 1. The molecule has 148 valence electrons. The Balaban J connectivity index is 1.65. The van der Waals surface area contributed by atoms with E-state index in [1.807, 2.05) is 0 Å². The monoisotopic (exact) mass is 407 g/mol. The number of ether oxygens (including phenoxy) is 1. The van der Waals surface area contributed by atoms with Crippen LogP contribution in [-0.4, -0.2) is 58.7 Å². The molecule has 0 unspecified atom stereocenters. The fraction of sp³-hybridized carbons (Fsp3) is 0.294. The maximum atomic E-state index is 12.9. The van der Waals surface area contributed by atoms with E-state index in [9.17, 15) is 18.8 Å². The Labute approximate surface area is 163 Å². The number of carbonyl (C=O) groups is 2. The molecule has 2 heterocycles. The second-order valence-corrected chi connectivity index (χ2v) is 6.84. The average molecular weight is 407 g/mol. The van der Waals surface area contributed by atoms with E-state index < -0.39 is 17.3 Å². The molecule has 0 aliphatic carbocycles. The van der Waals surface area contributed by atoms with Gasteiger partial charge in [-0.25, -0.2) is 9.37 Å². The number of carbonyl (C=O) groups excluding carboxylic acids is 2. The Bertz CT molecular complexity index is 928. The van der Waals surface area contributed by atoms with E-state index in [0.29, 0.717) is 26.3 Å². The molecule has 0 saturated carbocycles. The molecule has 1 aromatic heterocycles. The summed E-state index contributed by atoms with van der Waals surface area (Å²) in [5.41, 5.74) is 5.09. The molecular weight excluding hydrogens is 389 g/mol. The molecule has 2 aromatic rings. The molecule has 9 nitrogen and oxygen atoms in total. The quantitative estimate of drug-likeness (QED) is 0.491. The zero-order chi connectivity index (χ0) is 20.1. The number of nitrogens with one attached hydrogen (secondary N) is 2. The van der Waals surface area contributed by atoms with Gasteiger partial charge in [-0.2, -0.15) is 0 Å². The SMILES string of the molecule is Nc1nc(SCC(=O)N2CCOCC2)[nH]c(=O)c1NC(=O)c1ccc(F)cc1. The van der Waals surface area contributed by atoms with Crippen LogP contribution in [0.3, 0.4) is 0 Å². The highest BCUT2D eigenvalue weighted by molar-refractivity contribution is 7.99. The Hall–Kier alpha value is -2.92. The number of H-pyrrole nitrogens is 1. The van der Waals surface area contributed by atoms with Crippen molar-refractivity contribution in [2.45, 2.75) is 5.16 Å². The number of anilines is 2. The van der Waals surface area contributed by atoms with Gasteiger partial charge < -0.3 is 20.7 Å². The number of halogens is 1. The van der Waals surface area contributed by atoms with Crippen molar-refractivity contribution >= 4 is 35.1 Å². The molecule has 0 radical (unpaired) electrons. The molecule has 3 rings (SSSR count). The largest absolute Gasteiger partial charge is 0.382 e. The van der Waals surface area contributed by atoms with Crippen LogP contribution in [0.25, 0.3) is 0 Å². The second-order valence-electron chi connectivity index (χ2n) is 5.87. The van der Waals surface area contributed by atoms with Gasteiger partial charge >= 0.3 is 0 Å². The maximum absolute atomic E-state index is 12.9. The van der Waals surface area contributed by atoms with Crippen LogP contribution in [0.15, 0.2) is 34.2 Å². The minimum atomic E-state index is -0.649. The number of rotatable bonds is 5. The highest BCUT2D eigenvalue weighted by atomic mass is 32.2. The highest BCUT2D eigenvalue weighted by Crippen LogP contribution is 2.18. The Morgan fingerprint density at radius 3 is 2.61 bits per heavy atom. The van der Waals surface area contributed by atoms with Gasteiger partial charge in [0.05, 0.1) is 19.0 Å². The van der Waals surface area contributed by atoms with Crippen LogP contribution < -0.4 is 16.6 Å². The van der Waals surface area contributed by atoms with Gasteiger partial charge in [0.2, 0.25) is 5.91 Å². The lowest BCUT2D eigenvalue weighted by atomic mass is 10.2. The first-order valence-corrected chi connectivity index (χ1v) is 9.37. The van der Waals surface area contributed by atoms with Crippen LogP contribution in [0.5, 0.6) is 0 Å². The van der Waals surface area contributed by atoms with Gasteiger partial charge in [0.1, 0.15) is 11.5 Å². The summed E-state index contributed by atoms with van der Waals surface area (Å²) in [6, 6.07) is 4.83. The minimum absolute atomic E-state index is 0.0870. The number of nitrogen functional groups attached to an aromatic ring is 1. The van der Waals surface area contributed by atoms with E-state index in [1.165, 1.54) is 12.1 Å². The third-order valence-corrected chi connectivity index (χ3v) is 4.82. The minimum Gasteiger partial charge on any atom is -0.382 e. The Kier molecular flexibility index (Phi) is 6.26. The summed E-state index contributed by atoms with van der Waals surface area (Å²) in [5, 5.41) is 2.54. The highest BCUT2D eigenvalue weighted by Gasteiger charge is 2.18. The third kappa shape index (κ3) is 4.87. The van der Waals surface area contributed by atoms with E-state index in [4.69, 9.17) is 10.5 Å². The fourth-order valence-corrected chi connectivity index (χ4v) is 3.25. The molecule has 1 saturated heterocycles. The Morgan fingerprint density at radius 1 is 1.29 bits per heavy atom. The maximum Gasteiger partial charge on any atom is 0.277 e. The molecule has 1 aliphatic rings. The number of aromatic nitrogens is 2. The van der Waals surface area contributed by atoms with Crippen molar-refractivity contribution < 1.29 is 18.7 Å². The standard InChI is InChI=1S/C17H18FN5O4S/c18-11-3-1-10(2-4-11)15(25)20-13-14(19)21-17(22-16(13)26)28-9-12(24)23-5-7-27-8-6-23/h1-4H,5-9H2,(H,20,25)(H3,19,21,22,26). The van der Waals surface area contributed by atoms with Gasteiger partial charge in [-0.05, 0) is 24.3 Å². The zero-order valence-corrected chi connectivity index (χ0v) is 15.6. The first kappa shape index (κ1) is 19.8. The zero-order valence-electron chi connectivity index (χ0n) is 14.7. The van der Waals surface area contributed by atoms with Crippen molar-refractivity contribution in [3.8, 4) is 0 Å². The van der Waals surface area contributed by atoms with Crippen LogP contribution in [0.4, 0.5) is 15.9 Å². The molecule has 1 fully saturated rings. The molecule has 0 bridgehead atoms. The summed E-state index contributed by atoms with van der Waals surface area (Å²) in [5.74, 6) is -1.29. The van der Waals surface area contributed by atoms with Crippen molar-refractivity contribution in [3.63, 3.8) is 0 Å². The first-order chi connectivity index (χ1) is 13.4. The number of aromatic amines is 1. The summed E-state index contributed by atoms with van der Waals surface area (Å²) in [6.07, 6.45) is 0. The summed E-state index contributed by atoms with van der Waals surface area (Å²) in [4.78, 5) is 44.8. The van der Waals surface area contributed by atoms with Crippen molar-refractivity contribution in [1.82, 2.24) is 14.9 Å². The van der Waals surface area contributed by atoms with E-state index in [2.05, 4.69) is 15.3 Å². The third-order valence-electron chi connectivity index (χ3n) is 3.97. The van der Waals surface area contributed by atoms with E-state index in [-0.39, 0.29) is 33.9 Å². The van der Waals surface area contributed by atoms with Crippen LogP contribution in [0.1, 0.15) is 10.4 Å². The molecule has 11 heteroatoms. The predicted molar refractivity (Wildman–Crippen MR) is 102 cm³/mol. The molecule has 2 amide bonds. The number of amides is 2. The van der Waals surface area contributed by atoms with E-state index in [1.54, 1.807) is 4.90 Å². The van der Waals surface area contributed by atoms with Crippen molar-refractivity contribution in [2.24, 2.45) is 0 Å². The summed E-state index contributed by atoms with van der Waals surface area (Å²) in [7, 11) is 0. The number of hydrogen-bond donors (Lipinski definition) is 3. The fourth-order valence-electron chi connectivity index (χ4n) is 2.48.